The minimum Gasteiger partial charge on any atom is -0.508 e. The molecular weight excluding hydrogens is 264 g/mol. The van der Waals surface area contributed by atoms with E-state index in [1.807, 2.05) is 0 Å². The topological polar surface area (TPSA) is 110 Å². The van der Waals surface area contributed by atoms with Crippen LogP contribution in [0.3, 0.4) is 0 Å². The van der Waals surface area contributed by atoms with E-state index in [0.717, 1.165) is 0 Å². The Morgan fingerprint density at radius 1 is 1.05 bits per heavy atom. The second kappa shape index (κ2) is 6.07. The molecule has 2 rings (SSSR count). The fraction of sp³-hybridized carbons (Fsp3) is 0.571. The number of aliphatic hydroxyl groups is 4. The number of hydrogen-bond donors (Lipinski definition) is 5. The molecule has 112 valence electrons. The molecule has 0 spiro atoms. The largest absolute Gasteiger partial charge is 0.508 e. The van der Waals surface area contributed by atoms with Gasteiger partial charge in [0.15, 0.2) is 0 Å². The lowest BCUT2D eigenvalue weighted by Gasteiger charge is -2.40. The van der Waals surface area contributed by atoms with Gasteiger partial charge in [0.1, 0.15) is 24.1 Å². The van der Waals surface area contributed by atoms with Crippen molar-refractivity contribution in [2.24, 2.45) is 0 Å². The normalized spacial score (nSPS) is 35.8. The third-order valence-electron chi connectivity index (χ3n) is 3.68. The van der Waals surface area contributed by atoms with E-state index in [2.05, 4.69) is 0 Å². The predicted molar refractivity (Wildman–Crippen MR) is 70.0 cm³/mol. The van der Waals surface area contributed by atoms with Gasteiger partial charge in [0, 0.05) is 6.42 Å². The van der Waals surface area contributed by atoms with Crippen LogP contribution >= 0.6 is 0 Å². The van der Waals surface area contributed by atoms with Gasteiger partial charge in [-0.2, -0.15) is 0 Å². The Bertz CT molecular complexity index is 434. The van der Waals surface area contributed by atoms with Crippen LogP contribution in [0.1, 0.15) is 25.0 Å². The highest BCUT2D eigenvalue weighted by atomic mass is 16.5. The van der Waals surface area contributed by atoms with Gasteiger partial charge in [-0.3, -0.25) is 0 Å². The number of phenols is 1. The smallest absolute Gasteiger partial charge is 0.115 e. The van der Waals surface area contributed by atoms with Crippen LogP contribution in [-0.2, 0) is 4.74 Å². The van der Waals surface area contributed by atoms with Crippen LogP contribution in [0.25, 0.3) is 0 Å². The van der Waals surface area contributed by atoms with Crippen molar-refractivity contribution in [3.05, 3.63) is 29.8 Å². The van der Waals surface area contributed by atoms with E-state index in [1.54, 1.807) is 19.1 Å². The van der Waals surface area contributed by atoms with Crippen molar-refractivity contribution in [3.63, 3.8) is 0 Å². The highest BCUT2D eigenvalue weighted by Gasteiger charge is 2.42. The average molecular weight is 284 g/mol. The average Bonchev–Trinajstić information content (AvgIpc) is 2.43. The second-order valence-corrected chi connectivity index (χ2v) is 5.19. The Kier molecular flexibility index (Phi) is 4.62. The molecule has 1 unspecified atom stereocenters. The third-order valence-corrected chi connectivity index (χ3v) is 3.68. The highest BCUT2D eigenvalue weighted by molar-refractivity contribution is 5.27. The molecular formula is C14H20O6. The van der Waals surface area contributed by atoms with E-state index in [9.17, 15) is 25.5 Å². The third kappa shape index (κ3) is 3.11. The van der Waals surface area contributed by atoms with Crippen molar-refractivity contribution in [1.82, 2.24) is 0 Å². The van der Waals surface area contributed by atoms with E-state index in [4.69, 9.17) is 4.74 Å². The van der Waals surface area contributed by atoms with Crippen LogP contribution in [0, 0.1) is 0 Å². The van der Waals surface area contributed by atoms with Crippen LogP contribution < -0.4 is 0 Å². The van der Waals surface area contributed by atoms with Crippen molar-refractivity contribution < 1.29 is 30.3 Å². The van der Waals surface area contributed by atoms with Crippen LogP contribution in [0.5, 0.6) is 5.75 Å². The van der Waals surface area contributed by atoms with Crippen LogP contribution in [0.4, 0.5) is 0 Å². The molecule has 6 atom stereocenters. The van der Waals surface area contributed by atoms with Gasteiger partial charge in [0.05, 0.1) is 18.3 Å². The van der Waals surface area contributed by atoms with E-state index in [-0.39, 0.29) is 12.2 Å². The minimum atomic E-state index is -1.30. The zero-order chi connectivity index (χ0) is 14.9. The number of aliphatic hydroxyl groups excluding tert-OH is 4. The summed E-state index contributed by atoms with van der Waals surface area (Å²) in [4.78, 5) is 0. The quantitative estimate of drug-likeness (QED) is 0.520. The van der Waals surface area contributed by atoms with Crippen LogP contribution in [0.2, 0.25) is 0 Å². The molecule has 1 fully saturated rings. The summed E-state index contributed by atoms with van der Waals surface area (Å²) in [6.45, 7) is 1.60. The van der Waals surface area contributed by atoms with Gasteiger partial charge in [-0.1, -0.05) is 12.1 Å². The number of benzene rings is 1. The molecule has 20 heavy (non-hydrogen) atoms. The lowest BCUT2D eigenvalue weighted by Crippen LogP contribution is -2.56. The minimum absolute atomic E-state index is 0.0834. The maximum absolute atomic E-state index is 10.1. The van der Waals surface area contributed by atoms with E-state index in [1.165, 1.54) is 12.1 Å². The van der Waals surface area contributed by atoms with Gasteiger partial charge < -0.3 is 30.3 Å². The standard InChI is InChI=1S/C14H20O6/c1-7-12(17)14(19)13(18)11(20-7)6-10(16)8-2-4-9(15)5-3-8/h2-5,7,10-19H,6H2,1H3/t7-,10?,11-,12+,13+,14+/m1/s1. The molecule has 6 heteroatoms. The molecule has 0 aromatic heterocycles. The van der Waals surface area contributed by atoms with E-state index < -0.39 is 36.6 Å². The predicted octanol–water partition coefficient (Wildman–Crippen LogP) is -0.314. The zero-order valence-electron chi connectivity index (χ0n) is 11.1. The SMILES string of the molecule is C[C@H]1O[C@H](CC(O)c2ccc(O)cc2)[C@H](O)[C@@H](O)[C@H]1O. The molecule has 1 aromatic carbocycles. The molecule has 1 aromatic rings. The van der Waals surface area contributed by atoms with Crippen molar-refractivity contribution in [3.8, 4) is 5.75 Å². The van der Waals surface area contributed by atoms with Gasteiger partial charge in [-0.15, -0.1) is 0 Å². The summed E-state index contributed by atoms with van der Waals surface area (Å²) in [7, 11) is 0. The Hall–Kier alpha value is -1.18. The molecule has 1 aliphatic rings. The monoisotopic (exact) mass is 284 g/mol. The molecule has 0 radical (unpaired) electrons. The first-order chi connectivity index (χ1) is 9.40. The lowest BCUT2D eigenvalue weighted by molar-refractivity contribution is -0.222. The molecule has 1 saturated heterocycles. The van der Waals surface area contributed by atoms with Crippen LogP contribution in [0.15, 0.2) is 24.3 Å². The summed E-state index contributed by atoms with van der Waals surface area (Å²) in [5, 5.41) is 48.5. The van der Waals surface area contributed by atoms with Gasteiger partial charge in [-0.05, 0) is 24.6 Å². The number of aromatic hydroxyl groups is 1. The zero-order valence-corrected chi connectivity index (χ0v) is 11.1. The number of ether oxygens (including phenoxy) is 1. The molecule has 6 nitrogen and oxygen atoms in total. The van der Waals surface area contributed by atoms with Gasteiger partial charge in [0.2, 0.25) is 0 Å². The molecule has 0 aliphatic carbocycles. The fourth-order valence-electron chi connectivity index (χ4n) is 2.38. The second-order valence-electron chi connectivity index (χ2n) is 5.19. The summed E-state index contributed by atoms with van der Waals surface area (Å²) in [5.74, 6) is 0.0991. The summed E-state index contributed by atoms with van der Waals surface area (Å²) >= 11 is 0. The summed E-state index contributed by atoms with van der Waals surface area (Å²) in [5.41, 5.74) is 0.576. The number of phenolic OH excluding ortho intramolecular Hbond substituents is 1. The molecule has 0 amide bonds. The van der Waals surface area contributed by atoms with E-state index in [0.29, 0.717) is 5.56 Å². The first kappa shape index (κ1) is 15.2. The number of rotatable bonds is 3. The van der Waals surface area contributed by atoms with E-state index >= 15 is 0 Å². The molecule has 5 N–H and O–H groups in total. The molecule has 1 heterocycles. The summed E-state index contributed by atoms with van der Waals surface area (Å²) in [6.07, 6.45) is -5.90. The van der Waals surface area contributed by atoms with Gasteiger partial charge in [0.25, 0.3) is 0 Å². The van der Waals surface area contributed by atoms with Crippen molar-refractivity contribution in [1.29, 1.82) is 0 Å². The first-order valence-electron chi connectivity index (χ1n) is 6.57. The Morgan fingerprint density at radius 2 is 1.65 bits per heavy atom. The maximum Gasteiger partial charge on any atom is 0.115 e. The molecule has 0 saturated carbocycles. The number of hydrogen-bond acceptors (Lipinski definition) is 6. The van der Waals surface area contributed by atoms with Crippen LogP contribution in [-0.4, -0.2) is 56.1 Å². The molecule has 1 aliphatic heterocycles. The molecule has 0 bridgehead atoms. The Labute approximate surface area is 116 Å². The van der Waals surface area contributed by atoms with Crippen molar-refractivity contribution in [2.45, 2.75) is 50.0 Å². The van der Waals surface area contributed by atoms with Crippen molar-refractivity contribution >= 4 is 0 Å². The van der Waals surface area contributed by atoms with Gasteiger partial charge >= 0.3 is 0 Å². The fourth-order valence-corrected chi connectivity index (χ4v) is 2.38. The lowest BCUT2D eigenvalue weighted by atomic mass is 9.91. The first-order valence-corrected chi connectivity index (χ1v) is 6.57. The summed E-state index contributed by atoms with van der Waals surface area (Å²) < 4.78 is 5.43. The Balaban J connectivity index is 2.03. The summed E-state index contributed by atoms with van der Waals surface area (Å²) in [6, 6.07) is 6.06. The Morgan fingerprint density at radius 3 is 2.25 bits per heavy atom. The van der Waals surface area contributed by atoms with Gasteiger partial charge in [-0.25, -0.2) is 0 Å². The highest BCUT2D eigenvalue weighted by Crippen LogP contribution is 2.28. The van der Waals surface area contributed by atoms with Crippen molar-refractivity contribution in [2.75, 3.05) is 0 Å². The maximum atomic E-state index is 10.1.